The van der Waals surface area contributed by atoms with E-state index in [4.69, 9.17) is 56.8 Å². The highest BCUT2D eigenvalue weighted by Gasteiger charge is 2.23. The monoisotopic (exact) mass is 1910 g/mol. The van der Waals surface area contributed by atoms with Crippen LogP contribution in [0.15, 0.2) is 0 Å². The lowest BCUT2D eigenvalue weighted by Gasteiger charge is -2.36. The number of rotatable bonds is 48. The van der Waals surface area contributed by atoms with Crippen LogP contribution in [0.3, 0.4) is 0 Å². The van der Waals surface area contributed by atoms with Gasteiger partial charge in [0.25, 0.3) is 0 Å². The van der Waals surface area contributed by atoms with E-state index >= 15 is 0 Å². The maximum absolute atomic E-state index is 5.53. The van der Waals surface area contributed by atoms with E-state index in [0.717, 1.165) is 151 Å². The molecule has 0 spiro atoms. The van der Waals surface area contributed by atoms with Gasteiger partial charge in [-0.1, -0.05) is 12.8 Å². The largest absolute Gasteiger partial charge is 0.385 e. The van der Waals surface area contributed by atoms with E-state index < -0.39 is 0 Å². The molecule has 0 atom stereocenters. The van der Waals surface area contributed by atoms with Crippen molar-refractivity contribution in [3.8, 4) is 0 Å². The highest BCUT2D eigenvalue weighted by Crippen LogP contribution is 2.10. The predicted molar refractivity (Wildman–Crippen MR) is 554 cm³/mol. The topological polar surface area (TPSA) is 182 Å². The van der Waals surface area contributed by atoms with E-state index in [0.29, 0.717) is 19.8 Å². The summed E-state index contributed by atoms with van der Waals surface area (Å²) < 4.78 is 61.4. The number of ether oxygens (including phenoxy) is 12. The summed E-state index contributed by atoms with van der Waals surface area (Å²) in [6.45, 7) is 78.4. The second-order valence-electron chi connectivity index (χ2n) is 38.5. The molecule has 0 aromatic rings. The van der Waals surface area contributed by atoms with Crippen molar-refractivity contribution < 1.29 is 56.8 Å². The minimum atomic E-state index is 0.697. The van der Waals surface area contributed by atoms with Crippen molar-refractivity contribution in [3.63, 3.8) is 0 Å². The Morgan fingerprint density at radius 3 is 0.519 bits per heavy atom. The van der Waals surface area contributed by atoms with E-state index in [2.05, 4.69) is 185 Å². The summed E-state index contributed by atoms with van der Waals surface area (Å²) in [5, 5.41) is 0. The van der Waals surface area contributed by atoms with Gasteiger partial charge in [-0.3, -0.25) is 34.3 Å². The molecule has 11 aliphatic rings. The van der Waals surface area contributed by atoms with Crippen LogP contribution in [0.5, 0.6) is 0 Å². The molecule has 11 fully saturated rings. The molecular weight excluding hydrogens is 1690 g/mol. The molecule has 133 heavy (non-hydrogen) atoms. The summed E-state index contributed by atoms with van der Waals surface area (Å²) in [6, 6.07) is 0. The fraction of sp³-hybridized carbons (Fsp3) is 1.00. The standard InChI is InChI=1S/C12H26N4.C12H26N2O.2C11H24N2O2.2C10H22N2O2.C10H22N2O.C9H20N2O.C8H18N2O.C6H14N2/c1-13-3-7-15(8-4-13)11-12-16-9-5-14(2)6-10-16;1-13-8-10-14(11-9-13)7-5-3-4-6-12-15-2;1-12-4-6-13(7-5-12)8-11-15-10-3-9-14-2;1-12-5-7-13(8-6-12)4-3-9-15-11-10-14-2;1-13-9-7-11-3-5-12(6-4-11)8-10-14-2;1-11-3-5-12(6-4-11)7-8-14-10-9-13-2;1-11-6-8-12(9-7-11)5-3-4-10-13-2;1-10-5-7-11(8-6-10)4-3-9-12-2;1-9-3-5-10(6-4-9)7-8-11-2;1-7-3-5-8(2)6-4-7/h3-12H2,1-2H3;3-12H2,1-2H3;2*3-11H2,1-2H3;2*3-10H2,1-2H3;3-10H2,1-2H3;3-9H2,1-2H3;3-8H2,1-2H3;3-6H2,1-2H3. The fourth-order valence-corrected chi connectivity index (χ4v) is 16.4. The van der Waals surface area contributed by atoms with Gasteiger partial charge in [-0.15, -0.1) is 0 Å². The van der Waals surface area contributed by atoms with Gasteiger partial charge in [0.1, 0.15) is 0 Å². The summed E-state index contributed by atoms with van der Waals surface area (Å²) in [5.74, 6) is 0. The lowest BCUT2D eigenvalue weighted by atomic mass is 10.2. The molecule has 0 radical (unpaired) electrons. The molecule has 11 heterocycles. The van der Waals surface area contributed by atoms with E-state index in [-0.39, 0.29) is 0 Å². The van der Waals surface area contributed by atoms with Crippen LogP contribution in [0, 0.1) is 0 Å². The van der Waals surface area contributed by atoms with E-state index in [1.807, 2.05) is 0 Å². The molecule has 11 aliphatic heterocycles. The van der Waals surface area contributed by atoms with Crippen LogP contribution in [0.1, 0.15) is 57.8 Å². The molecule has 11 saturated heterocycles. The van der Waals surface area contributed by atoms with Gasteiger partial charge in [0.15, 0.2) is 0 Å². The first-order valence-corrected chi connectivity index (χ1v) is 52.3. The van der Waals surface area contributed by atoms with Gasteiger partial charge in [-0.25, -0.2) is 0 Å². The summed E-state index contributed by atoms with van der Waals surface area (Å²) in [6.07, 6.45) is 11.0. The Labute approximate surface area is 819 Å². The maximum Gasteiger partial charge on any atom is 0.0700 e. The second kappa shape index (κ2) is 90.6. The third-order valence-electron chi connectivity index (χ3n) is 27.0. The molecule has 11 rings (SSSR count). The Morgan fingerprint density at radius 2 is 0.263 bits per heavy atom. The zero-order chi connectivity index (χ0) is 97.0. The van der Waals surface area contributed by atoms with Crippen LogP contribution in [-0.4, -0.2) is 708 Å². The van der Waals surface area contributed by atoms with Gasteiger partial charge >= 0.3 is 0 Å². The zero-order valence-corrected chi connectivity index (χ0v) is 90.6. The number of nitrogens with zero attached hydrogens (tertiary/aromatic N) is 22. The summed E-state index contributed by atoms with van der Waals surface area (Å²) in [7, 11) is 39.8. The minimum absolute atomic E-state index is 0.697. The molecule has 0 aliphatic carbocycles. The van der Waals surface area contributed by atoms with Gasteiger partial charge in [0.05, 0.1) is 59.5 Å². The first kappa shape index (κ1) is 128. The molecule has 0 saturated carbocycles. The normalized spacial score (nSPS) is 21.6. The predicted octanol–water partition coefficient (Wildman–Crippen LogP) is 1.96. The highest BCUT2D eigenvalue weighted by atomic mass is 16.5. The number of hydrogen-bond donors (Lipinski definition) is 0. The number of hydrogen-bond acceptors (Lipinski definition) is 34. The number of unbranched alkanes of at least 4 members (excludes halogenated alkanes) is 4. The van der Waals surface area contributed by atoms with E-state index in [1.54, 1.807) is 64.0 Å². The molecular formula is C99H218N22O12. The number of piperazine rings is 11. The first-order chi connectivity index (χ1) is 64.7. The Hall–Kier alpha value is -1.36. The molecule has 0 unspecified atom stereocenters. The SMILES string of the molecule is CN1CCN(C)CC1.CN1CCN(CCN2CCN(C)CC2)CC1.COCCCCCCN1CCN(C)CC1.COCCCCN1CCN(C)CC1.COCCCN1CCN(C)CC1.COCCCOCCN1CCN(C)CC1.COCCN1CCN(C)CC1.COCCN1CCN(CCOC)CC1.COCCOCCCN1CCN(C)CC1.COCCOCCN1CCN(C)CC1. The number of methoxy groups -OCH3 is 9. The Kier molecular flexibility index (Phi) is 87.0. The van der Waals surface area contributed by atoms with Crippen LogP contribution in [0.4, 0.5) is 0 Å². The molecule has 34 heteroatoms. The van der Waals surface area contributed by atoms with Crippen molar-refractivity contribution in [2.75, 3.05) is 601 Å². The lowest BCUT2D eigenvalue weighted by molar-refractivity contribution is 0.0486. The van der Waals surface area contributed by atoms with Gasteiger partial charge in [0.2, 0.25) is 0 Å². The zero-order valence-electron chi connectivity index (χ0n) is 90.6. The van der Waals surface area contributed by atoms with Crippen LogP contribution in [0.25, 0.3) is 0 Å². The molecule has 796 valence electrons. The van der Waals surface area contributed by atoms with E-state index in [9.17, 15) is 0 Å². The summed E-state index contributed by atoms with van der Waals surface area (Å²) in [5.41, 5.74) is 0. The van der Waals surface area contributed by atoms with Crippen molar-refractivity contribution in [3.05, 3.63) is 0 Å². The van der Waals surface area contributed by atoms with Crippen molar-refractivity contribution >= 4 is 0 Å². The van der Waals surface area contributed by atoms with E-state index in [1.165, 1.54) is 346 Å². The third-order valence-corrected chi connectivity index (χ3v) is 27.0. The Balaban J connectivity index is 0.000000502. The molecule has 0 aromatic heterocycles. The van der Waals surface area contributed by atoms with Crippen molar-refractivity contribution in [1.29, 1.82) is 0 Å². The molecule has 0 N–H and O–H groups in total. The highest BCUT2D eigenvalue weighted by molar-refractivity contribution is 4.79. The molecule has 0 aromatic carbocycles. The molecule has 0 amide bonds. The average molecular weight is 1910 g/mol. The second-order valence-corrected chi connectivity index (χ2v) is 38.5. The minimum Gasteiger partial charge on any atom is -0.385 e. The van der Waals surface area contributed by atoms with Crippen LogP contribution in [0.2, 0.25) is 0 Å². The van der Waals surface area contributed by atoms with Gasteiger partial charge < -0.3 is 130 Å². The Morgan fingerprint density at radius 1 is 0.113 bits per heavy atom. The fourth-order valence-electron chi connectivity index (χ4n) is 16.4. The van der Waals surface area contributed by atoms with Gasteiger partial charge in [-0.2, -0.15) is 0 Å². The van der Waals surface area contributed by atoms with Crippen molar-refractivity contribution in [1.82, 2.24) is 108 Å². The van der Waals surface area contributed by atoms with Crippen molar-refractivity contribution in [2.45, 2.75) is 57.8 Å². The lowest BCUT2D eigenvalue weighted by Crippen LogP contribution is -2.50. The van der Waals surface area contributed by atoms with Crippen LogP contribution in [-0.2, 0) is 56.8 Å². The van der Waals surface area contributed by atoms with Crippen LogP contribution < -0.4 is 0 Å². The van der Waals surface area contributed by atoms with Gasteiger partial charge in [0, 0.05) is 451 Å². The smallest absolute Gasteiger partial charge is 0.0700 e. The van der Waals surface area contributed by atoms with Gasteiger partial charge in [-0.05, 0) is 136 Å². The third kappa shape index (κ3) is 76.9. The van der Waals surface area contributed by atoms with Crippen LogP contribution >= 0.6 is 0 Å². The van der Waals surface area contributed by atoms with Crippen molar-refractivity contribution in [2.24, 2.45) is 0 Å². The maximum atomic E-state index is 5.53. The quantitative estimate of drug-likeness (QED) is 0.0806. The number of likely N-dealkylation sites (N-methyl/N-ethyl adjacent to an activating group) is 11. The summed E-state index contributed by atoms with van der Waals surface area (Å²) in [4.78, 5) is 53.9. The molecule has 34 nitrogen and oxygen atoms in total. The molecule has 0 bridgehead atoms. The first-order valence-electron chi connectivity index (χ1n) is 52.3. The average Bonchev–Trinajstić information content (AvgIpc) is 0.888. The Bertz CT molecular complexity index is 2210. The summed E-state index contributed by atoms with van der Waals surface area (Å²) >= 11 is 0.